The van der Waals surface area contributed by atoms with Gasteiger partial charge in [0, 0.05) is 10.6 Å². The number of nitrogens with two attached hydrogens (primary N) is 1. The normalized spacial score (nSPS) is 9.86. The fourth-order valence-corrected chi connectivity index (χ4v) is 1.95. The molecular weight excluding hydrogens is 198 g/mol. The van der Waals surface area contributed by atoms with E-state index < -0.39 is 0 Å². The van der Waals surface area contributed by atoms with Gasteiger partial charge in [-0.25, -0.2) is 0 Å². The summed E-state index contributed by atoms with van der Waals surface area (Å²) >= 11 is 1.43. The first-order valence-electron chi connectivity index (χ1n) is 4.18. The number of aryl methyl sites for hydroxylation is 1. The van der Waals surface area contributed by atoms with Gasteiger partial charge in [-0.3, -0.25) is 4.79 Å². The average Bonchev–Trinajstić information content (AvgIpc) is 2.12. The van der Waals surface area contributed by atoms with Crippen LogP contribution in [0.4, 0.5) is 5.69 Å². The predicted octanol–water partition coefficient (Wildman–Crippen LogP) is 1.84. The highest BCUT2D eigenvalue weighted by molar-refractivity contribution is 8.00. The van der Waals surface area contributed by atoms with Crippen LogP contribution < -0.4 is 5.73 Å². The van der Waals surface area contributed by atoms with E-state index in [1.165, 1.54) is 18.9 Å². The molecule has 0 heterocycles. The topological polar surface area (TPSA) is 52.3 Å². The number of rotatable bonds is 3. The average molecular weight is 211 g/mol. The highest BCUT2D eigenvalue weighted by Gasteiger charge is 2.02. The van der Waals surface area contributed by atoms with Crippen LogP contribution in [0, 0.1) is 6.92 Å². The Bertz CT molecular complexity index is 319. The van der Waals surface area contributed by atoms with Crippen LogP contribution >= 0.6 is 11.8 Å². The minimum Gasteiger partial charge on any atom is -0.468 e. The second-order valence-electron chi connectivity index (χ2n) is 2.94. The van der Waals surface area contributed by atoms with Gasteiger partial charge >= 0.3 is 5.97 Å². The van der Waals surface area contributed by atoms with Crippen molar-refractivity contribution in [1.82, 2.24) is 0 Å². The highest BCUT2D eigenvalue weighted by Crippen LogP contribution is 2.22. The zero-order valence-electron chi connectivity index (χ0n) is 8.24. The smallest absolute Gasteiger partial charge is 0.315 e. The first kappa shape index (κ1) is 10.9. The van der Waals surface area contributed by atoms with Crippen molar-refractivity contribution in [3.05, 3.63) is 23.8 Å². The lowest BCUT2D eigenvalue weighted by molar-refractivity contribution is -0.137. The molecule has 0 aromatic heterocycles. The molecule has 0 atom stereocenters. The molecule has 0 radical (unpaired) electrons. The Morgan fingerprint density at radius 2 is 2.21 bits per heavy atom. The molecule has 1 aromatic carbocycles. The van der Waals surface area contributed by atoms with Crippen molar-refractivity contribution in [2.45, 2.75) is 11.8 Å². The van der Waals surface area contributed by atoms with Gasteiger partial charge in [0.25, 0.3) is 0 Å². The molecule has 0 aliphatic carbocycles. The lowest BCUT2D eigenvalue weighted by atomic mass is 10.2. The van der Waals surface area contributed by atoms with Gasteiger partial charge in [-0.05, 0) is 30.7 Å². The predicted molar refractivity (Wildman–Crippen MR) is 58.3 cm³/mol. The Morgan fingerprint density at radius 3 is 2.79 bits per heavy atom. The van der Waals surface area contributed by atoms with Crippen molar-refractivity contribution in [2.75, 3.05) is 18.6 Å². The molecular formula is C10H13NO2S. The maximum absolute atomic E-state index is 10.9. The van der Waals surface area contributed by atoms with Crippen molar-refractivity contribution in [2.24, 2.45) is 0 Å². The van der Waals surface area contributed by atoms with E-state index in [1.54, 1.807) is 0 Å². The third-order valence-corrected chi connectivity index (χ3v) is 2.61. The minimum absolute atomic E-state index is 0.227. The van der Waals surface area contributed by atoms with Gasteiger partial charge in [0.05, 0.1) is 12.9 Å². The largest absolute Gasteiger partial charge is 0.468 e. The molecule has 76 valence electrons. The maximum atomic E-state index is 10.9. The molecule has 14 heavy (non-hydrogen) atoms. The molecule has 0 aliphatic rings. The van der Waals surface area contributed by atoms with E-state index >= 15 is 0 Å². The number of hydrogen-bond acceptors (Lipinski definition) is 4. The van der Waals surface area contributed by atoms with Crippen LogP contribution in [0.1, 0.15) is 5.56 Å². The van der Waals surface area contributed by atoms with E-state index in [-0.39, 0.29) is 5.97 Å². The van der Waals surface area contributed by atoms with Gasteiger partial charge in [0.1, 0.15) is 0 Å². The molecule has 0 amide bonds. The van der Waals surface area contributed by atoms with Crippen LogP contribution in [0.15, 0.2) is 23.1 Å². The molecule has 0 fully saturated rings. The zero-order chi connectivity index (χ0) is 10.6. The molecule has 0 bridgehead atoms. The molecule has 0 saturated heterocycles. The number of esters is 1. The van der Waals surface area contributed by atoms with Crippen molar-refractivity contribution < 1.29 is 9.53 Å². The van der Waals surface area contributed by atoms with E-state index in [9.17, 15) is 4.79 Å². The second kappa shape index (κ2) is 4.91. The lowest BCUT2D eigenvalue weighted by Gasteiger charge is -2.03. The SMILES string of the molecule is COC(=O)CSc1cc(C)cc(N)c1. The van der Waals surface area contributed by atoms with E-state index in [0.29, 0.717) is 5.75 Å². The Morgan fingerprint density at radius 1 is 1.50 bits per heavy atom. The van der Waals surface area contributed by atoms with Crippen molar-refractivity contribution in [1.29, 1.82) is 0 Å². The maximum Gasteiger partial charge on any atom is 0.315 e. The minimum atomic E-state index is -0.227. The number of carbonyl (C=O) groups excluding carboxylic acids is 1. The summed E-state index contributed by atoms with van der Waals surface area (Å²) in [6, 6.07) is 5.73. The number of nitrogen functional groups attached to an aromatic ring is 1. The molecule has 2 N–H and O–H groups in total. The first-order chi connectivity index (χ1) is 6.61. The molecule has 1 rings (SSSR count). The summed E-state index contributed by atoms with van der Waals surface area (Å²) in [6.07, 6.45) is 0. The third kappa shape index (κ3) is 3.30. The van der Waals surface area contributed by atoms with Gasteiger partial charge < -0.3 is 10.5 Å². The molecule has 4 heteroatoms. The van der Waals surface area contributed by atoms with Crippen LogP contribution in [0.25, 0.3) is 0 Å². The van der Waals surface area contributed by atoms with Crippen LogP contribution in [0.2, 0.25) is 0 Å². The summed E-state index contributed by atoms with van der Waals surface area (Å²) < 4.78 is 4.54. The number of ether oxygens (including phenoxy) is 1. The Balaban J connectivity index is 2.63. The van der Waals surface area contributed by atoms with E-state index in [0.717, 1.165) is 16.1 Å². The summed E-state index contributed by atoms with van der Waals surface area (Å²) in [5, 5.41) is 0. The number of carbonyl (C=O) groups is 1. The summed E-state index contributed by atoms with van der Waals surface area (Å²) in [5.74, 6) is 0.0921. The molecule has 0 unspecified atom stereocenters. The summed E-state index contributed by atoms with van der Waals surface area (Å²) in [4.78, 5) is 11.9. The molecule has 0 spiro atoms. The number of hydrogen-bond donors (Lipinski definition) is 1. The molecule has 1 aromatic rings. The quantitative estimate of drug-likeness (QED) is 0.471. The number of thioether (sulfide) groups is 1. The van der Waals surface area contributed by atoms with E-state index in [1.807, 2.05) is 25.1 Å². The monoisotopic (exact) mass is 211 g/mol. The zero-order valence-corrected chi connectivity index (χ0v) is 9.06. The van der Waals surface area contributed by atoms with Crippen LogP contribution in [0.5, 0.6) is 0 Å². The number of benzene rings is 1. The molecule has 0 saturated carbocycles. The van der Waals surface area contributed by atoms with Gasteiger partial charge in [0.15, 0.2) is 0 Å². The van der Waals surface area contributed by atoms with Gasteiger partial charge in [-0.1, -0.05) is 0 Å². The Labute approximate surface area is 87.6 Å². The molecule has 0 aliphatic heterocycles. The standard InChI is InChI=1S/C10H13NO2S/c1-7-3-8(11)5-9(4-7)14-6-10(12)13-2/h3-5H,6,11H2,1-2H3. The van der Waals surface area contributed by atoms with Crippen LogP contribution in [-0.2, 0) is 9.53 Å². The fraction of sp³-hybridized carbons (Fsp3) is 0.300. The first-order valence-corrected chi connectivity index (χ1v) is 5.17. The van der Waals surface area contributed by atoms with E-state index in [2.05, 4.69) is 4.74 Å². The Hall–Kier alpha value is -1.16. The van der Waals surface area contributed by atoms with Gasteiger partial charge in [-0.2, -0.15) is 0 Å². The third-order valence-electron chi connectivity index (χ3n) is 1.66. The summed E-state index contributed by atoms with van der Waals surface area (Å²) in [7, 11) is 1.38. The van der Waals surface area contributed by atoms with Crippen LogP contribution in [0.3, 0.4) is 0 Å². The van der Waals surface area contributed by atoms with Crippen LogP contribution in [-0.4, -0.2) is 18.8 Å². The fourth-order valence-electron chi connectivity index (χ4n) is 1.06. The lowest BCUT2D eigenvalue weighted by Crippen LogP contribution is -2.02. The van der Waals surface area contributed by atoms with Crippen molar-refractivity contribution >= 4 is 23.4 Å². The number of methoxy groups -OCH3 is 1. The summed E-state index contributed by atoms with van der Waals surface area (Å²) in [5.41, 5.74) is 7.48. The summed E-state index contributed by atoms with van der Waals surface area (Å²) in [6.45, 7) is 1.97. The highest BCUT2D eigenvalue weighted by atomic mass is 32.2. The van der Waals surface area contributed by atoms with Gasteiger partial charge in [0.2, 0.25) is 0 Å². The molecule has 3 nitrogen and oxygen atoms in total. The van der Waals surface area contributed by atoms with Gasteiger partial charge in [-0.15, -0.1) is 11.8 Å². The van der Waals surface area contributed by atoms with Crippen molar-refractivity contribution in [3.8, 4) is 0 Å². The van der Waals surface area contributed by atoms with E-state index in [4.69, 9.17) is 5.73 Å². The van der Waals surface area contributed by atoms with Crippen molar-refractivity contribution in [3.63, 3.8) is 0 Å². The second-order valence-corrected chi connectivity index (χ2v) is 3.99. The Kier molecular flexibility index (Phi) is 3.83. The number of anilines is 1.